The number of amides is 1. The zero-order valence-corrected chi connectivity index (χ0v) is 11.9. The summed E-state index contributed by atoms with van der Waals surface area (Å²) in [4.78, 5) is 12.3. The van der Waals surface area contributed by atoms with E-state index >= 15 is 0 Å². The van der Waals surface area contributed by atoms with Crippen LogP contribution in [0.2, 0.25) is 0 Å². The number of nitrogens with one attached hydrogen (secondary N) is 2. The molecule has 21 heavy (non-hydrogen) atoms. The second-order valence-corrected chi connectivity index (χ2v) is 5.29. The summed E-state index contributed by atoms with van der Waals surface area (Å²) in [6.07, 6.45) is 3.52. The number of aryl methyl sites for hydroxylation is 1. The second kappa shape index (κ2) is 6.01. The lowest BCUT2D eigenvalue weighted by molar-refractivity contribution is -0.120. The predicted molar refractivity (Wildman–Crippen MR) is 78.1 cm³/mol. The topological polar surface area (TPSA) is 84.7 Å². The van der Waals surface area contributed by atoms with E-state index in [1.165, 1.54) is 0 Å². The fourth-order valence-corrected chi connectivity index (χ4v) is 2.53. The number of tetrazole rings is 1. The van der Waals surface area contributed by atoms with Crippen molar-refractivity contribution in [1.29, 1.82) is 0 Å². The Hall–Kier alpha value is -2.28. The van der Waals surface area contributed by atoms with Crippen molar-refractivity contribution in [2.45, 2.75) is 19.8 Å². The molecule has 7 heteroatoms. The molecule has 7 nitrogen and oxygen atoms in total. The first-order chi connectivity index (χ1) is 10.2. The Morgan fingerprint density at radius 1 is 1.48 bits per heavy atom. The van der Waals surface area contributed by atoms with Crippen LogP contribution in [0.25, 0.3) is 5.69 Å². The Labute approximate surface area is 122 Å². The number of piperidine rings is 1. The number of rotatable bonds is 3. The molecule has 0 spiro atoms. The highest BCUT2D eigenvalue weighted by Crippen LogP contribution is 2.20. The van der Waals surface area contributed by atoms with E-state index in [1.807, 2.05) is 25.1 Å². The van der Waals surface area contributed by atoms with E-state index in [1.54, 1.807) is 11.0 Å². The van der Waals surface area contributed by atoms with Crippen molar-refractivity contribution in [2.24, 2.45) is 5.92 Å². The molecule has 1 amide bonds. The molecule has 3 rings (SSSR count). The number of carbonyl (C=O) groups is 1. The van der Waals surface area contributed by atoms with Crippen molar-refractivity contribution in [3.63, 3.8) is 0 Å². The van der Waals surface area contributed by atoms with Crippen molar-refractivity contribution < 1.29 is 4.79 Å². The van der Waals surface area contributed by atoms with Gasteiger partial charge in [-0.05, 0) is 54.4 Å². The van der Waals surface area contributed by atoms with Gasteiger partial charge in [-0.25, -0.2) is 4.68 Å². The largest absolute Gasteiger partial charge is 0.326 e. The van der Waals surface area contributed by atoms with Crippen molar-refractivity contribution >= 4 is 11.6 Å². The zero-order valence-electron chi connectivity index (χ0n) is 11.9. The highest BCUT2D eigenvalue weighted by atomic mass is 16.1. The molecular weight excluding hydrogens is 268 g/mol. The fourth-order valence-electron chi connectivity index (χ4n) is 2.53. The normalized spacial score (nSPS) is 18.4. The van der Waals surface area contributed by atoms with E-state index in [-0.39, 0.29) is 11.8 Å². The quantitative estimate of drug-likeness (QED) is 0.876. The molecule has 0 aliphatic carbocycles. The van der Waals surface area contributed by atoms with Gasteiger partial charge >= 0.3 is 0 Å². The van der Waals surface area contributed by atoms with Gasteiger partial charge in [0.2, 0.25) is 5.91 Å². The maximum absolute atomic E-state index is 12.3. The first kappa shape index (κ1) is 13.7. The monoisotopic (exact) mass is 286 g/mol. The number of benzene rings is 1. The number of hydrogen-bond acceptors (Lipinski definition) is 5. The molecule has 0 radical (unpaired) electrons. The highest BCUT2D eigenvalue weighted by molar-refractivity contribution is 5.93. The van der Waals surface area contributed by atoms with E-state index in [9.17, 15) is 4.79 Å². The fraction of sp³-hybridized carbons (Fsp3) is 0.429. The Bertz CT molecular complexity index is 618. The molecule has 2 aromatic rings. The van der Waals surface area contributed by atoms with Gasteiger partial charge in [-0.1, -0.05) is 6.07 Å². The molecule has 1 aliphatic rings. The van der Waals surface area contributed by atoms with E-state index in [0.717, 1.165) is 42.9 Å². The van der Waals surface area contributed by atoms with E-state index < -0.39 is 0 Å². The minimum absolute atomic E-state index is 0.0385. The van der Waals surface area contributed by atoms with Crippen molar-refractivity contribution in [3.8, 4) is 5.69 Å². The van der Waals surface area contributed by atoms with Crippen LogP contribution in [-0.2, 0) is 4.79 Å². The summed E-state index contributed by atoms with van der Waals surface area (Å²) in [6, 6.07) is 5.74. The molecular formula is C14H18N6O. The molecule has 110 valence electrons. The molecule has 0 unspecified atom stereocenters. The van der Waals surface area contributed by atoms with Crippen LogP contribution in [0.4, 0.5) is 5.69 Å². The van der Waals surface area contributed by atoms with Gasteiger partial charge in [-0.3, -0.25) is 4.79 Å². The highest BCUT2D eigenvalue weighted by Gasteiger charge is 2.21. The van der Waals surface area contributed by atoms with Gasteiger partial charge in [0.1, 0.15) is 6.33 Å². The summed E-state index contributed by atoms with van der Waals surface area (Å²) >= 11 is 0. The Morgan fingerprint density at radius 3 is 3.10 bits per heavy atom. The van der Waals surface area contributed by atoms with Crippen LogP contribution in [-0.4, -0.2) is 39.2 Å². The van der Waals surface area contributed by atoms with Crippen LogP contribution < -0.4 is 10.6 Å². The van der Waals surface area contributed by atoms with Crippen LogP contribution >= 0.6 is 0 Å². The number of anilines is 1. The zero-order chi connectivity index (χ0) is 14.7. The molecule has 1 aromatic heterocycles. The van der Waals surface area contributed by atoms with E-state index in [4.69, 9.17) is 0 Å². The van der Waals surface area contributed by atoms with Gasteiger partial charge in [-0.2, -0.15) is 0 Å². The smallest absolute Gasteiger partial charge is 0.228 e. The van der Waals surface area contributed by atoms with Gasteiger partial charge in [0, 0.05) is 12.2 Å². The van der Waals surface area contributed by atoms with Crippen LogP contribution in [0.3, 0.4) is 0 Å². The lowest BCUT2D eigenvalue weighted by Crippen LogP contribution is -2.37. The van der Waals surface area contributed by atoms with Crippen molar-refractivity contribution in [3.05, 3.63) is 30.1 Å². The first-order valence-electron chi connectivity index (χ1n) is 7.09. The lowest BCUT2D eigenvalue weighted by Gasteiger charge is -2.22. The van der Waals surface area contributed by atoms with Gasteiger partial charge in [0.25, 0.3) is 0 Å². The second-order valence-electron chi connectivity index (χ2n) is 5.29. The molecule has 1 aromatic carbocycles. The summed E-state index contributed by atoms with van der Waals surface area (Å²) in [7, 11) is 0. The molecule has 0 saturated carbocycles. The molecule has 2 heterocycles. The molecule has 2 N–H and O–H groups in total. The Morgan fingerprint density at radius 2 is 2.38 bits per heavy atom. The van der Waals surface area contributed by atoms with Gasteiger partial charge in [0.05, 0.1) is 11.6 Å². The summed E-state index contributed by atoms with van der Waals surface area (Å²) in [5, 5.41) is 17.4. The Kier molecular flexibility index (Phi) is 3.92. The molecule has 1 saturated heterocycles. The van der Waals surface area contributed by atoms with E-state index in [0.29, 0.717) is 0 Å². The average molecular weight is 286 g/mol. The predicted octanol–water partition coefficient (Wildman–Crippen LogP) is 0.909. The first-order valence-corrected chi connectivity index (χ1v) is 7.09. The summed E-state index contributed by atoms with van der Waals surface area (Å²) in [5.41, 5.74) is 2.67. The summed E-state index contributed by atoms with van der Waals surface area (Å²) < 4.78 is 1.59. The standard InChI is InChI=1S/C14H18N6O/c1-10-4-5-12(7-13(10)20-9-16-18-19-20)17-14(21)11-3-2-6-15-8-11/h4-5,7,9,11,15H,2-3,6,8H2,1H3,(H,17,21)/t11-/m1/s1. The number of carbonyl (C=O) groups excluding carboxylic acids is 1. The Balaban J connectivity index is 1.77. The summed E-state index contributed by atoms with van der Waals surface area (Å²) in [6.45, 7) is 3.73. The average Bonchev–Trinajstić information content (AvgIpc) is 3.04. The van der Waals surface area contributed by atoms with Crippen molar-refractivity contribution in [2.75, 3.05) is 18.4 Å². The molecule has 1 aliphatic heterocycles. The molecule has 0 bridgehead atoms. The maximum Gasteiger partial charge on any atom is 0.228 e. The van der Waals surface area contributed by atoms with Gasteiger partial charge in [-0.15, -0.1) is 5.10 Å². The SMILES string of the molecule is Cc1ccc(NC(=O)[C@@H]2CCCNC2)cc1-n1cnnn1. The minimum atomic E-state index is 0.0385. The van der Waals surface area contributed by atoms with Crippen molar-refractivity contribution in [1.82, 2.24) is 25.5 Å². The van der Waals surface area contributed by atoms with Crippen LogP contribution in [0, 0.1) is 12.8 Å². The van der Waals surface area contributed by atoms with Gasteiger partial charge < -0.3 is 10.6 Å². The third-order valence-corrected chi connectivity index (χ3v) is 3.74. The minimum Gasteiger partial charge on any atom is -0.326 e. The molecule has 1 fully saturated rings. The third-order valence-electron chi connectivity index (χ3n) is 3.74. The van der Waals surface area contributed by atoms with Gasteiger partial charge in [0.15, 0.2) is 0 Å². The number of aromatic nitrogens is 4. The third kappa shape index (κ3) is 3.08. The maximum atomic E-state index is 12.3. The number of hydrogen-bond donors (Lipinski definition) is 2. The van der Waals surface area contributed by atoms with Crippen LogP contribution in [0.5, 0.6) is 0 Å². The van der Waals surface area contributed by atoms with Crippen LogP contribution in [0.1, 0.15) is 18.4 Å². The lowest BCUT2D eigenvalue weighted by atomic mass is 9.99. The summed E-state index contributed by atoms with van der Waals surface area (Å²) in [5.74, 6) is 0.102. The number of nitrogens with zero attached hydrogens (tertiary/aromatic N) is 4. The van der Waals surface area contributed by atoms with Crippen LogP contribution in [0.15, 0.2) is 24.5 Å². The van der Waals surface area contributed by atoms with E-state index in [2.05, 4.69) is 26.2 Å². The molecule has 1 atom stereocenters.